The second-order valence-corrected chi connectivity index (χ2v) is 6.26. The van der Waals surface area contributed by atoms with E-state index in [2.05, 4.69) is 21.2 Å². The monoisotopic (exact) mass is 344 g/mol. The van der Waals surface area contributed by atoms with Crippen LogP contribution in [0.5, 0.6) is 0 Å². The highest BCUT2D eigenvalue weighted by molar-refractivity contribution is 9.10. The van der Waals surface area contributed by atoms with Crippen LogP contribution in [0.25, 0.3) is 0 Å². The fourth-order valence-corrected chi connectivity index (χ4v) is 2.98. The number of hydrogen-bond donors (Lipinski definition) is 1. The molecular weight excluding hydrogens is 330 g/mol. The Hall–Kier alpha value is -1.01. The molecule has 1 saturated heterocycles. The summed E-state index contributed by atoms with van der Waals surface area (Å²) >= 11 is 3.04. The van der Waals surface area contributed by atoms with Gasteiger partial charge in [0.2, 0.25) is 5.91 Å². The smallest absolute Gasteiger partial charge is 0.244 e. The lowest BCUT2D eigenvalue weighted by molar-refractivity contribution is -0.121. The zero-order valence-electron chi connectivity index (χ0n) is 10.8. The highest BCUT2D eigenvalue weighted by atomic mass is 79.9. The molecular formula is C14H15BrF2N2O. The molecule has 1 aliphatic heterocycles. The third-order valence-electron chi connectivity index (χ3n) is 3.70. The Morgan fingerprint density at radius 3 is 2.45 bits per heavy atom. The van der Waals surface area contributed by atoms with E-state index in [0.29, 0.717) is 17.1 Å². The van der Waals surface area contributed by atoms with Gasteiger partial charge in [-0.3, -0.25) is 4.79 Å². The number of carbonyl (C=O) groups excluding carboxylic acids is 1. The van der Waals surface area contributed by atoms with Gasteiger partial charge in [-0.2, -0.15) is 0 Å². The summed E-state index contributed by atoms with van der Waals surface area (Å²) in [6.45, 7) is 0.358. The summed E-state index contributed by atoms with van der Waals surface area (Å²) in [6.07, 6.45) is 3.62. The summed E-state index contributed by atoms with van der Waals surface area (Å²) < 4.78 is 28.3. The molecule has 2 aliphatic rings. The second-order valence-electron chi connectivity index (χ2n) is 5.34. The first-order chi connectivity index (χ1) is 9.56. The van der Waals surface area contributed by atoms with Crippen molar-refractivity contribution in [2.45, 2.75) is 37.8 Å². The van der Waals surface area contributed by atoms with Gasteiger partial charge >= 0.3 is 0 Å². The quantitative estimate of drug-likeness (QED) is 0.914. The van der Waals surface area contributed by atoms with E-state index >= 15 is 0 Å². The van der Waals surface area contributed by atoms with E-state index in [1.807, 2.05) is 0 Å². The highest BCUT2D eigenvalue weighted by Gasteiger charge is 2.35. The van der Waals surface area contributed by atoms with Gasteiger partial charge in [-0.25, -0.2) is 8.78 Å². The Kier molecular flexibility index (Phi) is 3.77. The molecule has 1 saturated carbocycles. The van der Waals surface area contributed by atoms with Gasteiger partial charge in [-0.15, -0.1) is 0 Å². The number of benzene rings is 1. The molecule has 1 atom stereocenters. The maximum absolute atomic E-state index is 14.0. The summed E-state index contributed by atoms with van der Waals surface area (Å²) in [4.78, 5) is 13.6. The van der Waals surface area contributed by atoms with Crippen molar-refractivity contribution in [2.24, 2.45) is 0 Å². The van der Waals surface area contributed by atoms with Crippen LogP contribution in [0.15, 0.2) is 16.6 Å². The average molecular weight is 345 g/mol. The zero-order chi connectivity index (χ0) is 14.3. The molecule has 0 bridgehead atoms. The molecule has 20 heavy (non-hydrogen) atoms. The molecule has 1 aromatic rings. The molecule has 0 radical (unpaired) electrons. The van der Waals surface area contributed by atoms with E-state index in [9.17, 15) is 13.6 Å². The molecule has 1 unspecified atom stereocenters. The molecule has 6 heteroatoms. The van der Waals surface area contributed by atoms with E-state index in [1.165, 1.54) is 17.0 Å². The highest BCUT2D eigenvalue weighted by Crippen LogP contribution is 2.31. The van der Waals surface area contributed by atoms with Crippen LogP contribution in [0, 0.1) is 11.6 Å². The minimum Gasteiger partial charge on any atom is -0.306 e. The van der Waals surface area contributed by atoms with Gasteiger partial charge in [0.1, 0.15) is 5.69 Å². The Balaban J connectivity index is 1.86. The van der Waals surface area contributed by atoms with Crippen LogP contribution in [-0.4, -0.2) is 24.5 Å². The predicted octanol–water partition coefficient (Wildman–Crippen LogP) is 2.97. The molecule has 0 aromatic heterocycles. The number of rotatable bonds is 3. The Labute approximate surface area is 124 Å². The van der Waals surface area contributed by atoms with Gasteiger partial charge in [0.25, 0.3) is 0 Å². The Morgan fingerprint density at radius 2 is 1.85 bits per heavy atom. The van der Waals surface area contributed by atoms with Gasteiger partial charge in [-0.1, -0.05) is 15.9 Å². The van der Waals surface area contributed by atoms with Gasteiger partial charge in [0.15, 0.2) is 11.6 Å². The molecule has 3 nitrogen and oxygen atoms in total. The molecule has 1 aliphatic carbocycles. The van der Waals surface area contributed by atoms with Gasteiger partial charge in [0, 0.05) is 17.1 Å². The third-order valence-corrected chi connectivity index (χ3v) is 4.16. The lowest BCUT2D eigenvalue weighted by atomic mass is 10.0. The van der Waals surface area contributed by atoms with Crippen LogP contribution in [-0.2, 0) is 4.79 Å². The third kappa shape index (κ3) is 2.72. The van der Waals surface area contributed by atoms with Crippen molar-refractivity contribution in [1.29, 1.82) is 0 Å². The molecule has 1 N–H and O–H groups in total. The molecule has 108 valence electrons. The maximum Gasteiger partial charge on any atom is 0.244 e. The van der Waals surface area contributed by atoms with Gasteiger partial charge in [0.05, 0.1) is 6.04 Å². The minimum absolute atomic E-state index is 0.233. The van der Waals surface area contributed by atoms with Crippen molar-refractivity contribution < 1.29 is 13.6 Å². The first kappa shape index (κ1) is 13.9. The van der Waals surface area contributed by atoms with Crippen molar-refractivity contribution in [2.75, 3.05) is 11.4 Å². The average Bonchev–Trinajstić information content (AvgIpc) is 3.16. The standard InChI is InChI=1S/C14H15BrF2N2O/c15-8-6-10(16)13(11(17)7-8)19-5-1-2-12(14(19)20)18-9-3-4-9/h6-7,9,12,18H,1-5H2. The van der Waals surface area contributed by atoms with Crippen LogP contribution < -0.4 is 10.2 Å². The Bertz CT molecular complexity index is 525. The zero-order valence-corrected chi connectivity index (χ0v) is 12.4. The number of amides is 1. The summed E-state index contributed by atoms with van der Waals surface area (Å²) in [5.41, 5.74) is -0.236. The van der Waals surface area contributed by atoms with Gasteiger partial charge in [-0.05, 0) is 37.8 Å². The van der Waals surface area contributed by atoms with Crippen molar-refractivity contribution >= 4 is 27.5 Å². The first-order valence-electron chi connectivity index (χ1n) is 6.78. The van der Waals surface area contributed by atoms with Crippen molar-refractivity contribution in [3.63, 3.8) is 0 Å². The van der Waals surface area contributed by atoms with Crippen LogP contribution in [0.3, 0.4) is 0 Å². The molecule has 2 fully saturated rings. The molecule has 1 aromatic carbocycles. The number of hydrogen-bond acceptors (Lipinski definition) is 2. The number of anilines is 1. The topological polar surface area (TPSA) is 32.3 Å². The fraction of sp³-hybridized carbons (Fsp3) is 0.500. The lowest BCUT2D eigenvalue weighted by Crippen LogP contribution is -2.52. The number of piperidine rings is 1. The largest absolute Gasteiger partial charge is 0.306 e. The summed E-state index contributed by atoms with van der Waals surface area (Å²) in [5, 5.41) is 3.25. The number of nitrogens with one attached hydrogen (secondary N) is 1. The summed E-state index contributed by atoms with van der Waals surface area (Å²) in [5.74, 6) is -1.65. The first-order valence-corrected chi connectivity index (χ1v) is 7.57. The van der Waals surface area contributed by atoms with Crippen LogP contribution in [0.2, 0.25) is 0 Å². The van der Waals surface area contributed by atoms with E-state index < -0.39 is 11.6 Å². The van der Waals surface area contributed by atoms with Crippen LogP contribution in [0.1, 0.15) is 25.7 Å². The van der Waals surface area contributed by atoms with E-state index in [1.54, 1.807) is 0 Å². The predicted molar refractivity (Wildman–Crippen MR) is 75.6 cm³/mol. The van der Waals surface area contributed by atoms with E-state index in [4.69, 9.17) is 0 Å². The molecule has 1 heterocycles. The molecule has 3 rings (SSSR count). The van der Waals surface area contributed by atoms with E-state index in [-0.39, 0.29) is 17.6 Å². The van der Waals surface area contributed by atoms with E-state index in [0.717, 1.165) is 25.7 Å². The van der Waals surface area contributed by atoms with Crippen LogP contribution in [0.4, 0.5) is 14.5 Å². The molecule has 1 amide bonds. The van der Waals surface area contributed by atoms with Crippen molar-refractivity contribution in [3.8, 4) is 0 Å². The second kappa shape index (κ2) is 5.41. The summed E-state index contributed by atoms with van der Waals surface area (Å²) in [7, 11) is 0. The summed E-state index contributed by atoms with van der Waals surface area (Å²) in [6, 6.07) is 2.44. The van der Waals surface area contributed by atoms with Crippen molar-refractivity contribution in [1.82, 2.24) is 5.32 Å². The lowest BCUT2D eigenvalue weighted by Gasteiger charge is -2.33. The van der Waals surface area contributed by atoms with Gasteiger partial charge < -0.3 is 10.2 Å². The molecule has 0 spiro atoms. The number of nitrogens with zero attached hydrogens (tertiary/aromatic N) is 1. The van der Waals surface area contributed by atoms with Crippen molar-refractivity contribution in [3.05, 3.63) is 28.2 Å². The number of halogens is 3. The number of carbonyl (C=O) groups is 1. The SMILES string of the molecule is O=C1C(NC2CC2)CCCN1c1c(F)cc(Br)cc1F. The Morgan fingerprint density at radius 1 is 1.20 bits per heavy atom. The normalized spacial score (nSPS) is 23.2. The minimum atomic E-state index is -0.711. The maximum atomic E-state index is 14.0. The fourth-order valence-electron chi connectivity index (χ4n) is 2.58. The van der Waals surface area contributed by atoms with Crippen LogP contribution >= 0.6 is 15.9 Å².